The maximum atomic E-state index is 5.68. The van der Waals surface area contributed by atoms with Crippen LogP contribution in [-0.2, 0) is 0 Å². The van der Waals surface area contributed by atoms with E-state index < -0.39 is 0 Å². The Morgan fingerprint density at radius 1 is 0.724 bits per heavy atom. The van der Waals surface area contributed by atoms with Gasteiger partial charge < -0.3 is 21.7 Å². The molecule has 0 amide bonds. The van der Waals surface area contributed by atoms with Gasteiger partial charge in [0.25, 0.3) is 0 Å². The molecular formula is C21H24N8. The molecule has 0 saturated heterocycles. The number of nitrogens with zero attached hydrogens (tertiary/aromatic N) is 4. The number of hydrogen-bond donors (Lipinski definition) is 4. The summed E-state index contributed by atoms with van der Waals surface area (Å²) in [5, 5.41) is 12.0. The van der Waals surface area contributed by atoms with Gasteiger partial charge in [0.1, 0.15) is 0 Å². The van der Waals surface area contributed by atoms with Gasteiger partial charge in [0.2, 0.25) is 17.8 Å². The molecule has 0 radical (unpaired) electrons. The predicted molar refractivity (Wildman–Crippen MR) is 119 cm³/mol. The van der Waals surface area contributed by atoms with Crippen LogP contribution in [0.25, 0.3) is 21.8 Å². The van der Waals surface area contributed by atoms with Crippen molar-refractivity contribution in [1.29, 1.82) is 0 Å². The van der Waals surface area contributed by atoms with Crippen molar-refractivity contribution in [2.24, 2.45) is 0 Å². The molecule has 8 nitrogen and oxygen atoms in total. The average molecular weight is 388 g/mol. The minimum absolute atomic E-state index is 0.199. The molecule has 2 aromatic heterocycles. The average Bonchev–Trinajstić information content (AvgIpc) is 2.75. The van der Waals surface area contributed by atoms with Crippen LogP contribution in [0.1, 0.15) is 12.8 Å². The van der Waals surface area contributed by atoms with E-state index >= 15 is 0 Å². The third-order valence-electron chi connectivity index (χ3n) is 4.65. The van der Waals surface area contributed by atoms with Gasteiger partial charge in [-0.3, -0.25) is 0 Å². The number of anilines is 4. The van der Waals surface area contributed by atoms with E-state index in [0.29, 0.717) is 11.9 Å². The Bertz CT molecular complexity index is 1070. The maximum absolute atomic E-state index is 5.68. The first-order valence-corrected chi connectivity index (χ1v) is 9.69. The Hall–Kier alpha value is -3.68. The van der Waals surface area contributed by atoms with Gasteiger partial charge in [-0.2, -0.15) is 15.0 Å². The van der Waals surface area contributed by atoms with Crippen LogP contribution < -0.4 is 21.7 Å². The summed E-state index contributed by atoms with van der Waals surface area (Å²) in [6, 6.07) is 16.5. The van der Waals surface area contributed by atoms with Gasteiger partial charge in [-0.1, -0.05) is 36.4 Å². The van der Waals surface area contributed by atoms with E-state index in [4.69, 9.17) is 10.7 Å². The molecule has 8 heteroatoms. The molecule has 0 aliphatic rings. The van der Waals surface area contributed by atoms with Crippen LogP contribution in [0.3, 0.4) is 0 Å². The third-order valence-corrected chi connectivity index (χ3v) is 4.65. The first kappa shape index (κ1) is 18.7. The van der Waals surface area contributed by atoms with Gasteiger partial charge in [0.05, 0.1) is 16.7 Å². The largest absolute Gasteiger partial charge is 0.384 e. The van der Waals surface area contributed by atoms with Gasteiger partial charge in [-0.15, -0.1) is 0 Å². The normalized spacial score (nSPS) is 10.9. The number of hydrogen-bond acceptors (Lipinski definition) is 8. The highest BCUT2D eigenvalue weighted by molar-refractivity contribution is 6.07. The Balaban J connectivity index is 1.37. The number of unbranched alkanes of at least 4 members (excludes halogenated alkanes) is 1. The molecular weight excluding hydrogens is 364 g/mol. The van der Waals surface area contributed by atoms with Crippen molar-refractivity contribution in [3.8, 4) is 0 Å². The first-order valence-electron chi connectivity index (χ1n) is 9.69. The van der Waals surface area contributed by atoms with Gasteiger partial charge in [-0.25, -0.2) is 4.98 Å². The number of rotatable bonds is 8. The highest BCUT2D eigenvalue weighted by atomic mass is 15.2. The van der Waals surface area contributed by atoms with Crippen molar-refractivity contribution in [3.05, 3.63) is 48.5 Å². The van der Waals surface area contributed by atoms with E-state index in [1.165, 1.54) is 0 Å². The SMILES string of the molecule is CNc1nc(N)nc(NCCCCNc2c3ccccc3nc3ccccc23)n1. The minimum Gasteiger partial charge on any atom is -0.384 e. The zero-order chi connectivity index (χ0) is 20.1. The fourth-order valence-electron chi connectivity index (χ4n) is 3.28. The molecule has 0 atom stereocenters. The quantitative estimate of drug-likeness (QED) is 0.268. The summed E-state index contributed by atoms with van der Waals surface area (Å²) in [5.74, 6) is 1.14. The summed E-state index contributed by atoms with van der Waals surface area (Å²) in [5.41, 5.74) is 8.83. The third kappa shape index (κ3) is 4.26. The molecule has 29 heavy (non-hydrogen) atoms. The maximum Gasteiger partial charge on any atom is 0.229 e. The zero-order valence-corrected chi connectivity index (χ0v) is 16.3. The van der Waals surface area contributed by atoms with Crippen LogP contribution in [-0.4, -0.2) is 40.1 Å². The highest BCUT2D eigenvalue weighted by Crippen LogP contribution is 2.30. The van der Waals surface area contributed by atoms with Crippen LogP contribution in [0.2, 0.25) is 0 Å². The number of pyridine rings is 1. The van der Waals surface area contributed by atoms with Crippen LogP contribution in [0.5, 0.6) is 0 Å². The number of nitrogens with one attached hydrogen (secondary N) is 3. The van der Waals surface area contributed by atoms with Crippen molar-refractivity contribution in [3.63, 3.8) is 0 Å². The highest BCUT2D eigenvalue weighted by Gasteiger charge is 2.08. The van der Waals surface area contributed by atoms with Gasteiger partial charge in [-0.05, 0) is 25.0 Å². The van der Waals surface area contributed by atoms with E-state index in [-0.39, 0.29) is 5.95 Å². The fourth-order valence-corrected chi connectivity index (χ4v) is 3.28. The second-order valence-corrected chi connectivity index (χ2v) is 6.67. The number of benzene rings is 2. The van der Waals surface area contributed by atoms with Crippen LogP contribution >= 0.6 is 0 Å². The lowest BCUT2D eigenvalue weighted by molar-refractivity contribution is 0.790. The topological polar surface area (TPSA) is 114 Å². The fraction of sp³-hybridized carbons (Fsp3) is 0.238. The van der Waals surface area contributed by atoms with Crippen LogP contribution in [0, 0.1) is 0 Å². The molecule has 0 aliphatic heterocycles. The van der Waals surface area contributed by atoms with Crippen molar-refractivity contribution < 1.29 is 0 Å². The smallest absolute Gasteiger partial charge is 0.229 e. The lowest BCUT2D eigenvalue weighted by Crippen LogP contribution is -2.11. The number of nitrogens with two attached hydrogens (primary N) is 1. The Morgan fingerprint density at radius 3 is 1.97 bits per heavy atom. The molecule has 0 spiro atoms. The van der Waals surface area contributed by atoms with E-state index in [0.717, 1.165) is 53.4 Å². The lowest BCUT2D eigenvalue weighted by Gasteiger charge is -2.13. The number of fused-ring (bicyclic) bond motifs is 2. The molecule has 5 N–H and O–H groups in total. The van der Waals surface area contributed by atoms with Crippen molar-refractivity contribution in [2.45, 2.75) is 12.8 Å². The Morgan fingerprint density at radius 2 is 1.31 bits per heavy atom. The second-order valence-electron chi connectivity index (χ2n) is 6.67. The van der Waals surface area contributed by atoms with E-state index in [1.807, 2.05) is 24.3 Å². The van der Waals surface area contributed by atoms with Crippen molar-refractivity contribution >= 4 is 45.3 Å². The number of para-hydroxylation sites is 2. The molecule has 148 valence electrons. The lowest BCUT2D eigenvalue weighted by atomic mass is 10.1. The molecule has 0 aliphatic carbocycles. The predicted octanol–water partition coefficient (Wildman–Crippen LogP) is 3.50. The summed E-state index contributed by atoms with van der Waals surface area (Å²) in [6.45, 7) is 1.62. The van der Waals surface area contributed by atoms with Crippen molar-refractivity contribution in [1.82, 2.24) is 19.9 Å². The van der Waals surface area contributed by atoms with E-state index in [1.54, 1.807) is 7.05 Å². The summed E-state index contributed by atoms with van der Waals surface area (Å²) < 4.78 is 0. The molecule has 4 rings (SSSR count). The van der Waals surface area contributed by atoms with Crippen LogP contribution in [0.4, 0.5) is 23.5 Å². The summed E-state index contributed by atoms with van der Waals surface area (Å²) in [4.78, 5) is 17.1. The first-order chi connectivity index (χ1) is 14.2. The standard InChI is InChI=1S/C21H24N8/c1-23-20-27-19(22)28-21(29-20)25-13-7-6-12-24-18-14-8-2-4-10-16(14)26-17-11-5-3-9-15(17)18/h2-5,8-11H,6-7,12-13H2,1H3,(H,24,26)(H4,22,23,25,27,28,29). The molecule has 4 aromatic rings. The van der Waals surface area contributed by atoms with E-state index in [2.05, 4.69) is 55.2 Å². The molecule has 0 saturated carbocycles. The number of nitrogen functional groups attached to an aromatic ring is 1. The summed E-state index contributed by atoms with van der Waals surface area (Å²) in [6.07, 6.45) is 1.96. The Kier molecular flexibility index (Phi) is 5.51. The van der Waals surface area contributed by atoms with Gasteiger partial charge >= 0.3 is 0 Å². The van der Waals surface area contributed by atoms with Crippen molar-refractivity contribution in [2.75, 3.05) is 41.8 Å². The molecule has 0 bridgehead atoms. The monoisotopic (exact) mass is 388 g/mol. The zero-order valence-electron chi connectivity index (χ0n) is 16.3. The molecule has 2 aromatic carbocycles. The second kappa shape index (κ2) is 8.55. The molecule has 0 unspecified atom stereocenters. The van der Waals surface area contributed by atoms with E-state index in [9.17, 15) is 0 Å². The van der Waals surface area contributed by atoms with Gasteiger partial charge in [0, 0.05) is 30.9 Å². The Labute approximate surface area is 169 Å². The minimum atomic E-state index is 0.199. The van der Waals surface area contributed by atoms with Crippen LogP contribution in [0.15, 0.2) is 48.5 Å². The summed E-state index contributed by atoms with van der Waals surface area (Å²) in [7, 11) is 1.75. The van der Waals surface area contributed by atoms with Gasteiger partial charge in [0.15, 0.2) is 0 Å². The molecule has 0 fully saturated rings. The number of aromatic nitrogens is 4. The summed E-state index contributed by atoms with van der Waals surface area (Å²) >= 11 is 0. The molecule has 2 heterocycles.